The minimum Gasteiger partial charge on any atom is -0.326 e. The van der Waals surface area contributed by atoms with Gasteiger partial charge in [0, 0.05) is 12.1 Å². The quantitative estimate of drug-likeness (QED) is 0.913. The molecule has 1 heterocycles. The number of benzene rings is 2. The highest BCUT2D eigenvalue weighted by atomic mass is 32.2. The summed E-state index contributed by atoms with van der Waals surface area (Å²) in [5.41, 5.74) is 1.89. The van der Waals surface area contributed by atoms with Gasteiger partial charge in [-0.05, 0) is 29.8 Å². The van der Waals surface area contributed by atoms with Crippen molar-refractivity contribution in [1.29, 1.82) is 0 Å². The van der Waals surface area contributed by atoms with Gasteiger partial charge in [-0.1, -0.05) is 31.2 Å². The molecule has 124 valence electrons. The van der Waals surface area contributed by atoms with Crippen molar-refractivity contribution in [2.24, 2.45) is 0 Å². The lowest BCUT2D eigenvalue weighted by Crippen LogP contribution is -2.28. The van der Waals surface area contributed by atoms with Crippen molar-refractivity contribution >= 4 is 35.0 Å². The molecule has 4 nitrogen and oxygen atoms in total. The fraction of sp³-hybridized carbons (Fsp3) is 0.222. The van der Waals surface area contributed by atoms with Gasteiger partial charge in [0.2, 0.25) is 11.8 Å². The number of nitrogens with one attached hydrogen (secondary N) is 1. The predicted octanol–water partition coefficient (Wildman–Crippen LogP) is 3.95. The molecule has 0 spiro atoms. The number of thioether (sulfide) groups is 1. The van der Waals surface area contributed by atoms with Crippen LogP contribution in [-0.4, -0.2) is 17.6 Å². The number of hydrogen-bond acceptors (Lipinski definition) is 3. The second kappa shape index (κ2) is 7.05. The van der Waals surface area contributed by atoms with Crippen LogP contribution < -0.4 is 10.2 Å². The van der Waals surface area contributed by atoms with E-state index in [1.807, 2.05) is 12.1 Å². The molecule has 2 aromatic carbocycles. The molecule has 0 bridgehead atoms. The molecule has 2 amide bonds. The highest BCUT2D eigenvalue weighted by Crippen LogP contribution is 2.42. The number of amides is 2. The monoisotopic (exact) mass is 344 g/mol. The van der Waals surface area contributed by atoms with Gasteiger partial charge in [-0.25, -0.2) is 4.39 Å². The molecule has 0 unspecified atom stereocenters. The van der Waals surface area contributed by atoms with E-state index in [1.54, 1.807) is 37.3 Å². The zero-order chi connectivity index (χ0) is 17.1. The van der Waals surface area contributed by atoms with E-state index in [2.05, 4.69) is 5.32 Å². The minimum atomic E-state index is -0.412. The van der Waals surface area contributed by atoms with Crippen molar-refractivity contribution in [2.75, 3.05) is 16.0 Å². The van der Waals surface area contributed by atoms with E-state index in [1.165, 1.54) is 22.7 Å². The molecule has 6 heteroatoms. The molecule has 0 aromatic heterocycles. The van der Waals surface area contributed by atoms with Gasteiger partial charge in [-0.2, -0.15) is 0 Å². The van der Waals surface area contributed by atoms with Crippen molar-refractivity contribution < 1.29 is 14.0 Å². The number of rotatable bonds is 4. The van der Waals surface area contributed by atoms with Crippen LogP contribution in [0.2, 0.25) is 0 Å². The van der Waals surface area contributed by atoms with Crippen molar-refractivity contribution in [1.82, 2.24) is 0 Å². The second-order valence-corrected chi connectivity index (χ2v) is 6.47. The number of halogens is 1. The molecule has 0 aliphatic carbocycles. The van der Waals surface area contributed by atoms with Crippen LogP contribution in [-0.2, 0) is 9.59 Å². The second-order valence-electron chi connectivity index (χ2n) is 5.40. The summed E-state index contributed by atoms with van der Waals surface area (Å²) in [7, 11) is 0. The van der Waals surface area contributed by atoms with Crippen molar-refractivity contribution in [3.63, 3.8) is 0 Å². The first-order valence-corrected chi connectivity index (χ1v) is 8.73. The smallest absolute Gasteiger partial charge is 0.238 e. The van der Waals surface area contributed by atoms with Gasteiger partial charge in [0.1, 0.15) is 11.2 Å². The summed E-state index contributed by atoms with van der Waals surface area (Å²) >= 11 is 1.46. The molecule has 2 aromatic rings. The first-order chi connectivity index (χ1) is 11.6. The van der Waals surface area contributed by atoms with E-state index in [0.717, 1.165) is 5.56 Å². The van der Waals surface area contributed by atoms with Gasteiger partial charge in [0.05, 0.1) is 11.4 Å². The Kier molecular flexibility index (Phi) is 4.85. The Hall–Kier alpha value is -2.34. The van der Waals surface area contributed by atoms with Crippen LogP contribution in [0.1, 0.15) is 24.3 Å². The summed E-state index contributed by atoms with van der Waals surface area (Å²) in [6.07, 6.45) is 0.412. The zero-order valence-corrected chi connectivity index (χ0v) is 14.0. The van der Waals surface area contributed by atoms with Crippen molar-refractivity contribution in [2.45, 2.75) is 18.7 Å². The maximum atomic E-state index is 14.1. The summed E-state index contributed by atoms with van der Waals surface area (Å²) in [6, 6.07) is 13.6. The van der Waals surface area contributed by atoms with Gasteiger partial charge in [0.15, 0.2) is 0 Å². The molecular weight excluding hydrogens is 327 g/mol. The Bertz CT molecular complexity index is 764. The Morgan fingerprint density at radius 2 is 1.96 bits per heavy atom. The first kappa shape index (κ1) is 16.5. The zero-order valence-electron chi connectivity index (χ0n) is 13.2. The molecule has 1 fully saturated rings. The predicted molar refractivity (Wildman–Crippen MR) is 94.4 cm³/mol. The van der Waals surface area contributed by atoms with Crippen LogP contribution in [0.4, 0.5) is 15.8 Å². The highest BCUT2D eigenvalue weighted by molar-refractivity contribution is 8.00. The Labute approximate surface area is 144 Å². The third-order valence-electron chi connectivity index (χ3n) is 3.78. The number of nitrogens with zero attached hydrogens (tertiary/aromatic N) is 1. The average Bonchev–Trinajstić information content (AvgIpc) is 2.97. The third-order valence-corrected chi connectivity index (χ3v) is 4.99. The molecule has 24 heavy (non-hydrogen) atoms. The van der Waals surface area contributed by atoms with E-state index in [-0.39, 0.29) is 17.2 Å². The largest absolute Gasteiger partial charge is 0.326 e. The number of anilines is 2. The Morgan fingerprint density at radius 3 is 2.62 bits per heavy atom. The van der Waals surface area contributed by atoms with Crippen LogP contribution in [0.3, 0.4) is 0 Å². The van der Waals surface area contributed by atoms with Crippen LogP contribution in [0, 0.1) is 5.82 Å². The summed E-state index contributed by atoms with van der Waals surface area (Å²) in [5.74, 6) is -0.266. The maximum absolute atomic E-state index is 14.1. The van der Waals surface area contributed by atoms with Crippen LogP contribution in [0.15, 0.2) is 48.5 Å². The number of carbonyl (C=O) groups is 2. The highest BCUT2D eigenvalue weighted by Gasteiger charge is 2.35. The van der Waals surface area contributed by atoms with E-state index in [4.69, 9.17) is 0 Å². The van der Waals surface area contributed by atoms with Gasteiger partial charge in [-0.15, -0.1) is 11.8 Å². The molecular formula is C18H17FN2O2S. The molecule has 3 rings (SSSR count). The molecule has 1 saturated heterocycles. The number of para-hydroxylation sites is 1. The topological polar surface area (TPSA) is 49.4 Å². The lowest BCUT2D eigenvalue weighted by molar-refractivity contribution is -0.116. The summed E-state index contributed by atoms with van der Waals surface area (Å²) in [6.45, 7) is 1.79. The minimum absolute atomic E-state index is 0.0545. The fourth-order valence-electron chi connectivity index (χ4n) is 2.56. The van der Waals surface area contributed by atoms with E-state index in [9.17, 15) is 14.0 Å². The Morgan fingerprint density at radius 1 is 1.25 bits per heavy atom. The number of carbonyl (C=O) groups excluding carboxylic acids is 2. The van der Waals surface area contributed by atoms with Gasteiger partial charge >= 0.3 is 0 Å². The lowest BCUT2D eigenvalue weighted by atomic mass is 10.1. The Balaban J connectivity index is 1.86. The van der Waals surface area contributed by atoms with E-state index >= 15 is 0 Å². The number of hydrogen-bond donors (Lipinski definition) is 1. The SMILES string of the molecule is CCC(=O)Nc1ccc([C@@H]2SCC(=O)N2c2ccccc2F)cc1. The molecule has 1 atom stereocenters. The molecule has 1 aliphatic heterocycles. The van der Waals surface area contributed by atoms with Crippen LogP contribution in [0.25, 0.3) is 0 Å². The summed E-state index contributed by atoms with van der Waals surface area (Å²) in [4.78, 5) is 25.2. The third kappa shape index (κ3) is 3.28. The van der Waals surface area contributed by atoms with Gasteiger partial charge in [0.25, 0.3) is 0 Å². The molecule has 1 N–H and O–H groups in total. The van der Waals surface area contributed by atoms with Crippen LogP contribution >= 0.6 is 11.8 Å². The lowest BCUT2D eigenvalue weighted by Gasteiger charge is -2.24. The molecule has 0 saturated carbocycles. The maximum Gasteiger partial charge on any atom is 0.238 e. The van der Waals surface area contributed by atoms with Crippen LogP contribution in [0.5, 0.6) is 0 Å². The fourth-order valence-corrected chi connectivity index (χ4v) is 3.73. The van der Waals surface area contributed by atoms with Crippen molar-refractivity contribution in [3.8, 4) is 0 Å². The molecule has 0 radical (unpaired) electrons. The van der Waals surface area contributed by atoms with E-state index < -0.39 is 5.82 Å². The molecule has 1 aliphatic rings. The van der Waals surface area contributed by atoms with E-state index in [0.29, 0.717) is 23.5 Å². The normalized spacial score (nSPS) is 17.2. The summed E-state index contributed by atoms with van der Waals surface area (Å²) < 4.78 is 14.1. The van der Waals surface area contributed by atoms with Crippen molar-refractivity contribution in [3.05, 3.63) is 59.9 Å². The first-order valence-electron chi connectivity index (χ1n) is 7.68. The average molecular weight is 344 g/mol. The van der Waals surface area contributed by atoms with Gasteiger partial charge < -0.3 is 5.32 Å². The standard InChI is InChI=1S/C18H17FN2O2S/c1-2-16(22)20-13-9-7-12(8-10-13)18-21(17(23)11-24-18)15-6-4-3-5-14(15)19/h3-10,18H,2,11H2,1H3,(H,20,22)/t18-/m0/s1. The summed E-state index contributed by atoms with van der Waals surface area (Å²) in [5, 5.41) is 2.51. The van der Waals surface area contributed by atoms with Gasteiger partial charge in [-0.3, -0.25) is 14.5 Å².